The van der Waals surface area contributed by atoms with Crippen LogP contribution in [0.1, 0.15) is 28.8 Å². The van der Waals surface area contributed by atoms with Crippen molar-refractivity contribution < 1.29 is 9.90 Å². The average molecular weight is 312 g/mol. The largest absolute Gasteiger partial charge is 0.507 e. The molecule has 23 heavy (non-hydrogen) atoms. The number of rotatable bonds is 3. The molecule has 1 unspecified atom stereocenters. The Balaban J connectivity index is 1.66. The molecule has 2 heterocycles. The highest BCUT2D eigenvalue weighted by atomic mass is 16.3. The van der Waals surface area contributed by atoms with Crippen molar-refractivity contribution in [2.24, 2.45) is 0 Å². The summed E-state index contributed by atoms with van der Waals surface area (Å²) in [6.07, 6.45) is 5.30. The number of anilines is 1. The van der Waals surface area contributed by atoms with Crippen LogP contribution in [0.5, 0.6) is 5.75 Å². The zero-order valence-electron chi connectivity index (χ0n) is 13.1. The van der Waals surface area contributed by atoms with E-state index in [1.807, 2.05) is 13.0 Å². The SMILES string of the molecule is Cc1ccc(C(=O)NC2CCCN(c3ncccn3)C2)c(O)c1. The van der Waals surface area contributed by atoms with Crippen LogP contribution in [0.25, 0.3) is 0 Å². The smallest absolute Gasteiger partial charge is 0.255 e. The first-order valence-electron chi connectivity index (χ1n) is 7.76. The first kappa shape index (κ1) is 15.3. The van der Waals surface area contributed by atoms with E-state index in [2.05, 4.69) is 20.2 Å². The molecule has 0 spiro atoms. The summed E-state index contributed by atoms with van der Waals surface area (Å²) in [7, 11) is 0. The normalized spacial score (nSPS) is 17.8. The van der Waals surface area contributed by atoms with E-state index in [0.29, 0.717) is 18.1 Å². The molecule has 6 heteroatoms. The monoisotopic (exact) mass is 312 g/mol. The average Bonchev–Trinajstić information content (AvgIpc) is 2.56. The molecule has 0 saturated carbocycles. The molecule has 0 bridgehead atoms. The van der Waals surface area contributed by atoms with E-state index in [0.717, 1.165) is 24.9 Å². The second kappa shape index (κ2) is 6.64. The number of aromatic nitrogens is 2. The first-order valence-corrected chi connectivity index (χ1v) is 7.76. The van der Waals surface area contributed by atoms with Gasteiger partial charge < -0.3 is 15.3 Å². The van der Waals surface area contributed by atoms with E-state index in [1.165, 1.54) is 0 Å². The Morgan fingerprint density at radius 1 is 1.35 bits per heavy atom. The highest BCUT2D eigenvalue weighted by Crippen LogP contribution is 2.20. The van der Waals surface area contributed by atoms with Crippen LogP contribution in [0, 0.1) is 6.92 Å². The minimum absolute atomic E-state index is 0.0146. The van der Waals surface area contributed by atoms with Crippen molar-refractivity contribution in [2.45, 2.75) is 25.8 Å². The van der Waals surface area contributed by atoms with E-state index in [1.54, 1.807) is 30.6 Å². The van der Waals surface area contributed by atoms with Gasteiger partial charge in [-0.3, -0.25) is 4.79 Å². The Bertz CT molecular complexity index is 690. The quantitative estimate of drug-likeness (QED) is 0.905. The third-order valence-corrected chi connectivity index (χ3v) is 3.99. The summed E-state index contributed by atoms with van der Waals surface area (Å²) in [5.74, 6) is 0.453. The zero-order valence-corrected chi connectivity index (χ0v) is 13.1. The fourth-order valence-corrected chi connectivity index (χ4v) is 2.83. The molecule has 0 radical (unpaired) electrons. The molecule has 6 nitrogen and oxygen atoms in total. The summed E-state index contributed by atoms with van der Waals surface area (Å²) in [5.41, 5.74) is 1.23. The Morgan fingerprint density at radius 3 is 2.87 bits per heavy atom. The predicted octanol–water partition coefficient (Wildman–Crippen LogP) is 1.89. The number of phenols is 1. The van der Waals surface area contributed by atoms with Gasteiger partial charge in [-0.15, -0.1) is 0 Å². The number of benzene rings is 1. The lowest BCUT2D eigenvalue weighted by Gasteiger charge is -2.33. The van der Waals surface area contributed by atoms with E-state index in [-0.39, 0.29) is 17.7 Å². The number of phenolic OH excluding ortho intramolecular Hbond substituents is 1. The molecule has 1 aliphatic heterocycles. The number of piperidine rings is 1. The number of carbonyl (C=O) groups excluding carboxylic acids is 1. The van der Waals surface area contributed by atoms with Crippen molar-refractivity contribution in [3.63, 3.8) is 0 Å². The number of carbonyl (C=O) groups is 1. The minimum atomic E-state index is -0.247. The second-order valence-corrected chi connectivity index (χ2v) is 5.83. The summed E-state index contributed by atoms with van der Waals surface area (Å²) < 4.78 is 0. The Hall–Kier alpha value is -2.63. The summed E-state index contributed by atoms with van der Waals surface area (Å²) in [5, 5.41) is 12.9. The number of hydrogen-bond donors (Lipinski definition) is 2. The zero-order chi connectivity index (χ0) is 16.2. The highest BCUT2D eigenvalue weighted by molar-refractivity contribution is 5.97. The number of aryl methyl sites for hydroxylation is 1. The fourth-order valence-electron chi connectivity index (χ4n) is 2.83. The van der Waals surface area contributed by atoms with Gasteiger partial charge in [0.05, 0.1) is 5.56 Å². The summed E-state index contributed by atoms with van der Waals surface area (Å²) in [4.78, 5) is 23.0. The number of nitrogens with zero attached hydrogens (tertiary/aromatic N) is 3. The molecule has 120 valence electrons. The number of amides is 1. The molecule has 1 saturated heterocycles. The van der Waals surface area contributed by atoms with Crippen LogP contribution in [0.2, 0.25) is 0 Å². The van der Waals surface area contributed by atoms with Crippen LogP contribution in [-0.4, -0.2) is 40.1 Å². The maximum Gasteiger partial charge on any atom is 0.255 e. The van der Waals surface area contributed by atoms with Gasteiger partial charge in [0.25, 0.3) is 5.91 Å². The highest BCUT2D eigenvalue weighted by Gasteiger charge is 2.24. The predicted molar refractivity (Wildman–Crippen MR) is 87.6 cm³/mol. The molecule has 3 rings (SSSR count). The number of hydrogen-bond acceptors (Lipinski definition) is 5. The van der Waals surface area contributed by atoms with E-state index in [9.17, 15) is 9.90 Å². The van der Waals surface area contributed by atoms with Gasteiger partial charge >= 0.3 is 0 Å². The standard InChI is InChI=1S/C17H20N4O2/c1-12-5-6-14(15(22)10-12)16(23)20-13-4-2-9-21(11-13)17-18-7-3-8-19-17/h3,5-8,10,13,22H,2,4,9,11H2,1H3,(H,20,23). The maximum absolute atomic E-state index is 12.4. The van der Waals surface area contributed by atoms with Gasteiger partial charge in [-0.25, -0.2) is 9.97 Å². The van der Waals surface area contributed by atoms with Crippen LogP contribution in [0.4, 0.5) is 5.95 Å². The van der Waals surface area contributed by atoms with Gasteiger partial charge in [-0.2, -0.15) is 0 Å². The van der Waals surface area contributed by atoms with Gasteiger partial charge in [-0.05, 0) is 43.5 Å². The van der Waals surface area contributed by atoms with E-state index < -0.39 is 0 Å². The molecule has 1 aromatic carbocycles. The van der Waals surface area contributed by atoms with Crippen molar-refractivity contribution in [3.8, 4) is 5.75 Å². The maximum atomic E-state index is 12.4. The van der Waals surface area contributed by atoms with Gasteiger partial charge in [0, 0.05) is 31.5 Å². The van der Waals surface area contributed by atoms with Crippen molar-refractivity contribution in [1.82, 2.24) is 15.3 Å². The molecule has 1 aliphatic rings. The molecule has 1 amide bonds. The lowest BCUT2D eigenvalue weighted by Crippen LogP contribution is -2.48. The van der Waals surface area contributed by atoms with Crippen LogP contribution in [0.3, 0.4) is 0 Å². The third-order valence-electron chi connectivity index (χ3n) is 3.99. The molecular formula is C17H20N4O2. The van der Waals surface area contributed by atoms with Crippen molar-refractivity contribution in [1.29, 1.82) is 0 Å². The van der Waals surface area contributed by atoms with E-state index in [4.69, 9.17) is 0 Å². The summed E-state index contributed by atoms with van der Waals surface area (Å²) in [6, 6.07) is 6.87. The first-order chi connectivity index (χ1) is 11.1. The van der Waals surface area contributed by atoms with Crippen molar-refractivity contribution >= 4 is 11.9 Å². The summed E-state index contributed by atoms with van der Waals surface area (Å²) >= 11 is 0. The Morgan fingerprint density at radius 2 is 2.13 bits per heavy atom. The lowest BCUT2D eigenvalue weighted by atomic mass is 10.0. The fraction of sp³-hybridized carbons (Fsp3) is 0.353. The lowest BCUT2D eigenvalue weighted by molar-refractivity contribution is 0.0930. The van der Waals surface area contributed by atoms with Gasteiger partial charge in [0.1, 0.15) is 5.75 Å². The Labute approximate surface area is 135 Å². The molecule has 0 aliphatic carbocycles. The summed E-state index contributed by atoms with van der Waals surface area (Å²) in [6.45, 7) is 3.43. The molecule has 1 fully saturated rings. The second-order valence-electron chi connectivity index (χ2n) is 5.83. The molecule has 1 atom stereocenters. The van der Waals surface area contributed by atoms with Crippen LogP contribution in [0.15, 0.2) is 36.7 Å². The van der Waals surface area contributed by atoms with E-state index >= 15 is 0 Å². The molecule has 2 aromatic rings. The molecule has 2 N–H and O–H groups in total. The van der Waals surface area contributed by atoms with Gasteiger partial charge in [0.2, 0.25) is 5.95 Å². The van der Waals surface area contributed by atoms with Crippen LogP contribution < -0.4 is 10.2 Å². The molecular weight excluding hydrogens is 292 g/mol. The van der Waals surface area contributed by atoms with Crippen molar-refractivity contribution in [3.05, 3.63) is 47.8 Å². The third kappa shape index (κ3) is 3.59. The Kier molecular flexibility index (Phi) is 4.41. The van der Waals surface area contributed by atoms with Gasteiger partial charge in [-0.1, -0.05) is 6.07 Å². The topological polar surface area (TPSA) is 78.4 Å². The number of aromatic hydroxyl groups is 1. The minimum Gasteiger partial charge on any atom is -0.507 e. The van der Waals surface area contributed by atoms with Gasteiger partial charge in [0.15, 0.2) is 0 Å². The van der Waals surface area contributed by atoms with Crippen LogP contribution >= 0.6 is 0 Å². The van der Waals surface area contributed by atoms with Crippen molar-refractivity contribution in [2.75, 3.05) is 18.0 Å². The number of nitrogens with one attached hydrogen (secondary N) is 1. The van der Waals surface area contributed by atoms with Crippen LogP contribution in [-0.2, 0) is 0 Å². The molecule has 1 aromatic heterocycles.